The molecule has 0 saturated carbocycles. The SMILES string of the molecule is Cc1c(C(N)=O)sc2ncnc(Nc3ccc(C#N)nc3OC3CCOCC3)c12. The number of nitriles is 1. The number of anilines is 2. The Labute approximate surface area is 170 Å². The summed E-state index contributed by atoms with van der Waals surface area (Å²) < 4.78 is 11.4. The summed E-state index contributed by atoms with van der Waals surface area (Å²) in [6, 6.07) is 5.36. The zero-order valence-electron chi connectivity index (χ0n) is 15.6. The monoisotopic (exact) mass is 410 g/mol. The van der Waals surface area contributed by atoms with E-state index in [2.05, 4.69) is 20.3 Å². The van der Waals surface area contributed by atoms with Gasteiger partial charge in [0.1, 0.15) is 40.5 Å². The zero-order valence-corrected chi connectivity index (χ0v) is 16.5. The number of aryl methyl sites for hydroxylation is 1. The minimum absolute atomic E-state index is 0.0412. The first-order valence-corrected chi connectivity index (χ1v) is 9.85. The van der Waals surface area contributed by atoms with Crippen LogP contribution in [0.5, 0.6) is 5.88 Å². The predicted molar refractivity (Wildman–Crippen MR) is 107 cm³/mol. The summed E-state index contributed by atoms with van der Waals surface area (Å²) in [5, 5.41) is 13.1. The van der Waals surface area contributed by atoms with Gasteiger partial charge in [-0.1, -0.05) is 0 Å². The van der Waals surface area contributed by atoms with Crippen molar-refractivity contribution in [2.24, 2.45) is 5.73 Å². The third-order valence-corrected chi connectivity index (χ3v) is 5.84. The lowest BCUT2D eigenvalue weighted by molar-refractivity contribution is 0.0240. The second-order valence-electron chi connectivity index (χ2n) is 6.54. The lowest BCUT2D eigenvalue weighted by atomic mass is 10.1. The molecular weight excluding hydrogens is 392 g/mol. The average Bonchev–Trinajstić information content (AvgIpc) is 3.08. The van der Waals surface area contributed by atoms with E-state index >= 15 is 0 Å². The molecule has 1 aliphatic rings. The Bertz CT molecular complexity index is 1120. The standard InChI is InChI=1S/C19H18N6O3S/c1-10-14-17(22-9-23-19(14)29-15(10)16(21)26)25-13-3-2-11(8-20)24-18(13)28-12-4-6-27-7-5-12/h2-3,9,12H,4-7H2,1H3,(H2,21,26)(H,22,23,25). The van der Waals surface area contributed by atoms with Gasteiger partial charge in [0.25, 0.3) is 5.91 Å². The van der Waals surface area contributed by atoms with Gasteiger partial charge in [0.15, 0.2) is 0 Å². The fourth-order valence-corrected chi connectivity index (χ4v) is 4.17. The molecule has 0 atom stereocenters. The van der Waals surface area contributed by atoms with Crippen LogP contribution in [0.3, 0.4) is 0 Å². The fourth-order valence-electron chi connectivity index (χ4n) is 3.17. The molecule has 10 heteroatoms. The van der Waals surface area contributed by atoms with Crippen molar-refractivity contribution in [1.29, 1.82) is 5.26 Å². The third kappa shape index (κ3) is 3.83. The summed E-state index contributed by atoms with van der Waals surface area (Å²) >= 11 is 1.23. The Morgan fingerprint density at radius 3 is 2.90 bits per heavy atom. The maximum absolute atomic E-state index is 11.7. The van der Waals surface area contributed by atoms with Gasteiger partial charge in [-0.25, -0.2) is 15.0 Å². The van der Waals surface area contributed by atoms with Crippen molar-refractivity contribution in [1.82, 2.24) is 15.0 Å². The Morgan fingerprint density at radius 1 is 1.38 bits per heavy atom. The molecule has 0 spiro atoms. The van der Waals surface area contributed by atoms with Crippen LogP contribution in [0.15, 0.2) is 18.5 Å². The number of nitrogens with zero attached hydrogens (tertiary/aromatic N) is 4. The predicted octanol–water partition coefficient (Wildman–Crippen LogP) is 2.67. The van der Waals surface area contributed by atoms with Crippen molar-refractivity contribution >= 4 is 39.0 Å². The molecule has 9 nitrogen and oxygen atoms in total. The minimum atomic E-state index is -0.500. The number of nitrogens with one attached hydrogen (secondary N) is 1. The summed E-state index contributed by atoms with van der Waals surface area (Å²) in [7, 11) is 0. The molecule has 29 heavy (non-hydrogen) atoms. The number of aromatic nitrogens is 3. The largest absolute Gasteiger partial charge is 0.473 e. The number of hydrogen-bond acceptors (Lipinski definition) is 9. The molecule has 0 unspecified atom stereocenters. The van der Waals surface area contributed by atoms with E-state index in [1.165, 1.54) is 17.7 Å². The van der Waals surface area contributed by atoms with Crippen molar-refractivity contribution in [2.75, 3.05) is 18.5 Å². The van der Waals surface area contributed by atoms with E-state index in [-0.39, 0.29) is 11.8 Å². The Morgan fingerprint density at radius 2 is 2.17 bits per heavy atom. The Kier molecular flexibility index (Phi) is 5.24. The third-order valence-electron chi connectivity index (χ3n) is 4.63. The summed E-state index contributed by atoms with van der Waals surface area (Å²) in [4.78, 5) is 25.7. The fraction of sp³-hybridized carbons (Fsp3) is 0.316. The van der Waals surface area contributed by atoms with Crippen LogP contribution in [0, 0.1) is 18.3 Å². The van der Waals surface area contributed by atoms with Crippen molar-refractivity contribution in [3.05, 3.63) is 34.6 Å². The van der Waals surface area contributed by atoms with Gasteiger partial charge < -0.3 is 20.5 Å². The molecule has 148 valence electrons. The average molecular weight is 410 g/mol. The number of amides is 1. The molecular formula is C19H18N6O3S. The summed E-state index contributed by atoms with van der Waals surface area (Å²) in [5.41, 5.74) is 7.02. The number of nitrogens with two attached hydrogens (primary N) is 1. The molecule has 0 aromatic carbocycles. The molecule has 0 radical (unpaired) electrons. The summed E-state index contributed by atoms with van der Waals surface area (Å²) in [6.07, 6.45) is 2.88. The lowest BCUT2D eigenvalue weighted by Gasteiger charge is -2.24. The van der Waals surface area contributed by atoms with Gasteiger partial charge >= 0.3 is 0 Å². The molecule has 0 bridgehead atoms. The Hall–Kier alpha value is -3.29. The number of pyridine rings is 1. The maximum atomic E-state index is 11.7. The molecule has 3 aromatic heterocycles. The maximum Gasteiger partial charge on any atom is 0.259 e. The number of hydrogen-bond donors (Lipinski definition) is 2. The van der Waals surface area contributed by atoms with E-state index < -0.39 is 5.91 Å². The molecule has 1 saturated heterocycles. The van der Waals surface area contributed by atoms with Gasteiger partial charge in [-0.05, 0) is 24.6 Å². The quantitative estimate of drug-likeness (QED) is 0.655. The zero-order chi connectivity index (χ0) is 20.4. The van der Waals surface area contributed by atoms with E-state index in [0.29, 0.717) is 51.3 Å². The van der Waals surface area contributed by atoms with Gasteiger partial charge in [-0.3, -0.25) is 4.79 Å². The van der Waals surface area contributed by atoms with Crippen molar-refractivity contribution in [3.8, 4) is 11.9 Å². The first-order chi connectivity index (χ1) is 14.1. The number of carbonyl (C=O) groups excluding carboxylic acids is 1. The first kappa shape index (κ1) is 19.0. The van der Waals surface area contributed by atoms with E-state index in [1.807, 2.05) is 13.0 Å². The molecule has 3 aromatic rings. The van der Waals surface area contributed by atoms with Gasteiger partial charge in [0.05, 0.1) is 23.5 Å². The van der Waals surface area contributed by atoms with Crippen LogP contribution in [0.2, 0.25) is 0 Å². The van der Waals surface area contributed by atoms with Crippen LogP contribution < -0.4 is 15.8 Å². The lowest BCUT2D eigenvalue weighted by Crippen LogP contribution is -2.26. The molecule has 4 heterocycles. The number of fused-ring (bicyclic) bond motifs is 1. The second-order valence-corrected chi connectivity index (χ2v) is 7.54. The topological polar surface area (TPSA) is 136 Å². The molecule has 1 aliphatic heterocycles. The number of carbonyl (C=O) groups is 1. The molecule has 4 rings (SSSR count). The molecule has 1 amide bonds. The number of ether oxygens (including phenoxy) is 2. The molecule has 0 aliphatic carbocycles. The highest BCUT2D eigenvalue weighted by molar-refractivity contribution is 7.20. The highest BCUT2D eigenvalue weighted by Gasteiger charge is 2.21. The van der Waals surface area contributed by atoms with Crippen LogP contribution in [-0.4, -0.2) is 40.2 Å². The van der Waals surface area contributed by atoms with E-state index in [4.69, 9.17) is 15.2 Å². The van der Waals surface area contributed by atoms with Crippen LogP contribution in [0.25, 0.3) is 10.2 Å². The van der Waals surface area contributed by atoms with Gasteiger partial charge in [0.2, 0.25) is 5.88 Å². The van der Waals surface area contributed by atoms with Gasteiger partial charge in [0, 0.05) is 12.8 Å². The Balaban J connectivity index is 1.72. The summed E-state index contributed by atoms with van der Waals surface area (Å²) in [6.45, 7) is 3.06. The summed E-state index contributed by atoms with van der Waals surface area (Å²) in [5.74, 6) is 0.338. The van der Waals surface area contributed by atoms with Crippen LogP contribution >= 0.6 is 11.3 Å². The van der Waals surface area contributed by atoms with Crippen molar-refractivity contribution < 1.29 is 14.3 Å². The van der Waals surface area contributed by atoms with Crippen LogP contribution in [0.4, 0.5) is 11.5 Å². The van der Waals surface area contributed by atoms with E-state index in [9.17, 15) is 10.1 Å². The molecule has 1 fully saturated rings. The normalized spacial score (nSPS) is 14.5. The van der Waals surface area contributed by atoms with Crippen molar-refractivity contribution in [3.63, 3.8) is 0 Å². The number of thiophene rings is 1. The second kappa shape index (κ2) is 7.98. The number of primary amides is 1. The highest BCUT2D eigenvalue weighted by Crippen LogP contribution is 2.36. The van der Waals surface area contributed by atoms with Crippen molar-refractivity contribution in [2.45, 2.75) is 25.9 Å². The molecule has 3 N–H and O–H groups in total. The van der Waals surface area contributed by atoms with Gasteiger partial charge in [-0.2, -0.15) is 5.26 Å². The minimum Gasteiger partial charge on any atom is -0.473 e. The first-order valence-electron chi connectivity index (χ1n) is 9.03. The van der Waals surface area contributed by atoms with Crippen LogP contribution in [0.1, 0.15) is 33.8 Å². The highest BCUT2D eigenvalue weighted by atomic mass is 32.1. The van der Waals surface area contributed by atoms with Crippen LogP contribution in [-0.2, 0) is 4.74 Å². The van der Waals surface area contributed by atoms with E-state index in [1.54, 1.807) is 12.1 Å². The number of rotatable bonds is 5. The smallest absolute Gasteiger partial charge is 0.259 e. The van der Waals surface area contributed by atoms with E-state index in [0.717, 1.165) is 12.8 Å². The van der Waals surface area contributed by atoms with Gasteiger partial charge in [-0.15, -0.1) is 11.3 Å².